The van der Waals surface area contributed by atoms with E-state index >= 15 is 0 Å². The Bertz CT molecular complexity index is 444. The molecule has 0 saturated carbocycles. The molecular formula is C14H18BrNO3. The first-order valence-electron chi connectivity index (χ1n) is 6.29. The third-order valence-corrected chi connectivity index (χ3v) is 4.49. The molecule has 1 saturated heterocycles. The van der Waals surface area contributed by atoms with Gasteiger partial charge in [-0.2, -0.15) is 0 Å². The lowest BCUT2D eigenvalue weighted by Gasteiger charge is -2.36. The largest absolute Gasteiger partial charge is 0.497 e. The maximum atomic E-state index is 12.3. The molecule has 19 heavy (non-hydrogen) atoms. The summed E-state index contributed by atoms with van der Waals surface area (Å²) in [6.45, 7) is 1.37. The van der Waals surface area contributed by atoms with Gasteiger partial charge in [-0.15, -0.1) is 0 Å². The SMILES string of the molecule is COc1cccc(C(=O)NC2(CBr)CCOCC2)c1. The van der Waals surface area contributed by atoms with Gasteiger partial charge < -0.3 is 14.8 Å². The van der Waals surface area contributed by atoms with E-state index < -0.39 is 0 Å². The second kappa shape index (κ2) is 6.39. The average molecular weight is 328 g/mol. The van der Waals surface area contributed by atoms with Crippen LogP contribution >= 0.6 is 15.9 Å². The molecule has 0 aliphatic carbocycles. The van der Waals surface area contributed by atoms with Crippen LogP contribution in [-0.2, 0) is 4.74 Å². The molecule has 0 aromatic heterocycles. The third-order valence-electron chi connectivity index (χ3n) is 3.42. The minimum absolute atomic E-state index is 0.0692. The molecule has 0 spiro atoms. The van der Waals surface area contributed by atoms with E-state index in [9.17, 15) is 4.79 Å². The van der Waals surface area contributed by atoms with Crippen molar-refractivity contribution in [3.05, 3.63) is 29.8 Å². The van der Waals surface area contributed by atoms with Crippen LogP contribution in [0.25, 0.3) is 0 Å². The molecule has 1 amide bonds. The Morgan fingerprint density at radius 2 is 2.21 bits per heavy atom. The van der Waals surface area contributed by atoms with E-state index in [-0.39, 0.29) is 11.4 Å². The Kier molecular flexibility index (Phi) is 4.82. The minimum Gasteiger partial charge on any atom is -0.497 e. The van der Waals surface area contributed by atoms with Gasteiger partial charge in [-0.1, -0.05) is 22.0 Å². The van der Waals surface area contributed by atoms with Gasteiger partial charge in [-0.05, 0) is 31.0 Å². The van der Waals surface area contributed by atoms with Crippen molar-refractivity contribution in [2.75, 3.05) is 25.7 Å². The number of carbonyl (C=O) groups excluding carboxylic acids is 1. The zero-order chi connectivity index (χ0) is 13.7. The summed E-state index contributed by atoms with van der Waals surface area (Å²) in [6, 6.07) is 7.18. The van der Waals surface area contributed by atoms with E-state index in [1.165, 1.54) is 0 Å². The Morgan fingerprint density at radius 3 is 2.84 bits per heavy atom. The van der Waals surface area contributed by atoms with Crippen molar-refractivity contribution in [1.29, 1.82) is 0 Å². The Labute approximate surface area is 121 Å². The summed E-state index contributed by atoms with van der Waals surface area (Å²) in [7, 11) is 1.59. The highest BCUT2D eigenvalue weighted by atomic mass is 79.9. The smallest absolute Gasteiger partial charge is 0.251 e. The molecule has 1 heterocycles. The van der Waals surface area contributed by atoms with E-state index in [1.807, 2.05) is 12.1 Å². The van der Waals surface area contributed by atoms with Crippen molar-refractivity contribution in [3.8, 4) is 5.75 Å². The first kappa shape index (κ1) is 14.3. The number of nitrogens with one attached hydrogen (secondary N) is 1. The van der Waals surface area contributed by atoms with Crippen LogP contribution in [0.1, 0.15) is 23.2 Å². The van der Waals surface area contributed by atoms with Crippen molar-refractivity contribution < 1.29 is 14.3 Å². The maximum absolute atomic E-state index is 12.3. The summed E-state index contributed by atoms with van der Waals surface area (Å²) in [4.78, 5) is 12.3. The molecule has 5 heteroatoms. The van der Waals surface area contributed by atoms with Crippen LogP contribution in [0.3, 0.4) is 0 Å². The van der Waals surface area contributed by atoms with E-state index in [0.29, 0.717) is 24.5 Å². The number of hydrogen-bond acceptors (Lipinski definition) is 3. The van der Waals surface area contributed by atoms with Crippen LogP contribution in [0.4, 0.5) is 0 Å². The normalized spacial score (nSPS) is 17.8. The van der Waals surface area contributed by atoms with Gasteiger partial charge in [-0.25, -0.2) is 0 Å². The van der Waals surface area contributed by atoms with Gasteiger partial charge >= 0.3 is 0 Å². The van der Waals surface area contributed by atoms with Gasteiger partial charge in [0.25, 0.3) is 5.91 Å². The number of benzene rings is 1. The van der Waals surface area contributed by atoms with Crippen molar-refractivity contribution in [2.45, 2.75) is 18.4 Å². The zero-order valence-corrected chi connectivity index (χ0v) is 12.5. The van der Waals surface area contributed by atoms with Gasteiger partial charge in [0.1, 0.15) is 5.75 Å². The Balaban J connectivity index is 2.10. The predicted octanol–water partition coefficient (Wildman–Crippen LogP) is 2.37. The van der Waals surface area contributed by atoms with Crippen molar-refractivity contribution in [3.63, 3.8) is 0 Å². The van der Waals surface area contributed by atoms with Crippen molar-refractivity contribution in [1.82, 2.24) is 5.32 Å². The van der Waals surface area contributed by atoms with Gasteiger partial charge in [0.15, 0.2) is 0 Å². The third kappa shape index (κ3) is 3.48. The van der Waals surface area contributed by atoms with Gasteiger partial charge in [0.05, 0.1) is 12.6 Å². The topological polar surface area (TPSA) is 47.6 Å². The number of halogens is 1. The second-order valence-electron chi connectivity index (χ2n) is 4.71. The highest BCUT2D eigenvalue weighted by molar-refractivity contribution is 9.09. The number of rotatable bonds is 4. The minimum atomic E-state index is -0.210. The lowest BCUT2D eigenvalue weighted by molar-refractivity contribution is 0.0442. The number of methoxy groups -OCH3 is 1. The molecule has 1 aliphatic rings. The highest BCUT2D eigenvalue weighted by Crippen LogP contribution is 2.24. The van der Waals surface area contributed by atoms with E-state index in [2.05, 4.69) is 21.2 Å². The van der Waals surface area contributed by atoms with Crippen LogP contribution in [-0.4, -0.2) is 37.1 Å². The molecule has 2 rings (SSSR count). The van der Waals surface area contributed by atoms with E-state index in [1.54, 1.807) is 19.2 Å². The molecule has 0 bridgehead atoms. The highest BCUT2D eigenvalue weighted by Gasteiger charge is 2.33. The molecule has 1 aromatic rings. The van der Waals surface area contributed by atoms with Crippen LogP contribution in [0, 0.1) is 0 Å². The number of carbonyl (C=O) groups is 1. The summed E-state index contributed by atoms with van der Waals surface area (Å²) in [6.07, 6.45) is 1.65. The first-order chi connectivity index (χ1) is 9.19. The molecule has 1 N–H and O–H groups in total. The van der Waals surface area contributed by atoms with Crippen LogP contribution < -0.4 is 10.1 Å². The molecule has 0 atom stereocenters. The van der Waals surface area contributed by atoms with E-state index in [4.69, 9.17) is 9.47 Å². The maximum Gasteiger partial charge on any atom is 0.251 e. The fraction of sp³-hybridized carbons (Fsp3) is 0.500. The number of amides is 1. The van der Waals surface area contributed by atoms with E-state index in [0.717, 1.165) is 18.2 Å². The fourth-order valence-corrected chi connectivity index (χ4v) is 2.83. The molecule has 1 fully saturated rings. The van der Waals surface area contributed by atoms with Crippen LogP contribution in [0.15, 0.2) is 24.3 Å². The summed E-state index contributed by atoms with van der Waals surface area (Å²) >= 11 is 3.50. The van der Waals surface area contributed by atoms with Crippen LogP contribution in [0.5, 0.6) is 5.75 Å². The van der Waals surface area contributed by atoms with Crippen LogP contribution in [0.2, 0.25) is 0 Å². The quantitative estimate of drug-likeness (QED) is 0.864. The lowest BCUT2D eigenvalue weighted by Crippen LogP contribution is -2.53. The first-order valence-corrected chi connectivity index (χ1v) is 7.41. The number of ether oxygens (including phenoxy) is 2. The summed E-state index contributed by atoms with van der Waals surface area (Å²) in [5, 5.41) is 3.86. The Hall–Kier alpha value is -1.07. The molecule has 0 unspecified atom stereocenters. The molecule has 1 aromatic carbocycles. The standard InChI is InChI=1S/C14H18BrNO3/c1-18-12-4-2-3-11(9-12)13(17)16-14(10-15)5-7-19-8-6-14/h2-4,9H,5-8,10H2,1H3,(H,16,17). The molecule has 1 aliphatic heterocycles. The van der Waals surface area contributed by atoms with Gasteiger partial charge in [0.2, 0.25) is 0 Å². The monoisotopic (exact) mass is 327 g/mol. The summed E-state index contributed by atoms with van der Waals surface area (Å²) < 4.78 is 10.5. The summed E-state index contributed by atoms with van der Waals surface area (Å²) in [5.74, 6) is 0.618. The summed E-state index contributed by atoms with van der Waals surface area (Å²) in [5.41, 5.74) is 0.407. The molecular weight excluding hydrogens is 310 g/mol. The van der Waals surface area contributed by atoms with Gasteiger partial charge in [-0.3, -0.25) is 4.79 Å². The lowest BCUT2D eigenvalue weighted by atomic mass is 9.92. The molecule has 0 radical (unpaired) electrons. The Morgan fingerprint density at radius 1 is 1.47 bits per heavy atom. The van der Waals surface area contributed by atoms with Crippen molar-refractivity contribution >= 4 is 21.8 Å². The number of alkyl halides is 1. The molecule has 104 valence electrons. The second-order valence-corrected chi connectivity index (χ2v) is 5.27. The predicted molar refractivity (Wildman–Crippen MR) is 77.0 cm³/mol. The zero-order valence-electron chi connectivity index (χ0n) is 10.9. The average Bonchev–Trinajstić information content (AvgIpc) is 2.48. The number of hydrogen-bond donors (Lipinski definition) is 1. The molecule has 4 nitrogen and oxygen atoms in total. The van der Waals surface area contributed by atoms with Gasteiger partial charge in [0, 0.05) is 24.1 Å². The fourth-order valence-electron chi connectivity index (χ4n) is 2.13. The van der Waals surface area contributed by atoms with Crippen molar-refractivity contribution in [2.24, 2.45) is 0 Å².